The minimum Gasteiger partial charge on any atom is -0.352 e. The van der Waals surface area contributed by atoms with Crippen molar-refractivity contribution < 1.29 is 14.0 Å². The number of halogens is 1. The molecule has 0 bridgehead atoms. The Morgan fingerprint density at radius 2 is 1.78 bits per heavy atom. The largest absolute Gasteiger partial charge is 0.352 e. The average Bonchev–Trinajstić information content (AvgIpc) is 2.69. The molecule has 2 aromatic rings. The Kier molecular flexibility index (Phi) is 6.22. The maximum Gasteiger partial charge on any atom is 0.253 e. The number of nitrogens with zero attached hydrogens (tertiary/aromatic N) is 1. The number of piperidine rings is 1. The third-order valence-corrected chi connectivity index (χ3v) is 5.08. The lowest BCUT2D eigenvalue weighted by Gasteiger charge is -2.30. The fourth-order valence-corrected chi connectivity index (χ4v) is 3.30. The molecule has 3 rings (SSSR count). The van der Waals surface area contributed by atoms with Crippen molar-refractivity contribution in [3.05, 3.63) is 71.0 Å². The van der Waals surface area contributed by atoms with Crippen molar-refractivity contribution in [3.63, 3.8) is 0 Å². The van der Waals surface area contributed by atoms with E-state index in [-0.39, 0.29) is 17.6 Å². The van der Waals surface area contributed by atoms with Gasteiger partial charge in [0.05, 0.1) is 0 Å². The summed E-state index contributed by atoms with van der Waals surface area (Å²) in [7, 11) is 0. The van der Waals surface area contributed by atoms with Crippen LogP contribution in [0.15, 0.2) is 48.5 Å². The van der Waals surface area contributed by atoms with Gasteiger partial charge in [-0.25, -0.2) is 4.39 Å². The Morgan fingerprint density at radius 3 is 2.52 bits per heavy atom. The first-order valence-corrected chi connectivity index (χ1v) is 9.45. The zero-order valence-electron chi connectivity index (χ0n) is 15.6. The van der Waals surface area contributed by atoms with Crippen molar-refractivity contribution in [1.29, 1.82) is 0 Å². The molecule has 0 spiro atoms. The summed E-state index contributed by atoms with van der Waals surface area (Å²) in [4.78, 5) is 26.9. The van der Waals surface area contributed by atoms with Crippen molar-refractivity contribution in [2.24, 2.45) is 5.92 Å². The van der Waals surface area contributed by atoms with E-state index in [0.717, 1.165) is 25.9 Å². The van der Waals surface area contributed by atoms with E-state index in [1.807, 2.05) is 4.90 Å². The monoisotopic (exact) mass is 368 g/mol. The van der Waals surface area contributed by atoms with Crippen LogP contribution >= 0.6 is 0 Å². The number of hydrogen-bond acceptors (Lipinski definition) is 2. The first kappa shape index (κ1) is 19.1. The number of rotatable bonds is 5. The Labute approximate surface area is 159 Å². The zero-order valence-corrected chi connectivity index (χ0v) is 15.6. The van der Waals surface area contributed by atoms with Gasteiger partial charge in [0.2, 0.25) is 0 Å². The van der Waals surface area contributed by atoms with Crippen LogP contribution in [-0.4, -0.2) is 36.3 Å². The molecule has 0 unspecified atom stereocenters. The molecule has 1 saturated heterocycles. The topological polar surface area (TPSA) is 49.4 Å². The molecule has 1 aliphatic rings. The maximum atomic E-state index is 13.6. The summed E-state index contributed by atoms with van der Waals surface area (Å²) in [5.74, 6) is 0.104. The number of hydrogen-bond donors (Lipinski definition) is 1. The molecule has 0 atom stereocenters. The molecule has 1 N–H and O–H groups in total. The van der Waals surface area contributed by atoms with Crippen LogP contribution in [0.2, 0.25) is 0 Å². The lowest BCUT2D eigenvalue weighted by molar-refractivity contribution is 0.0697. The number of carbonyl (C=O) groups is 2. The highest BCUT2D eigenvalue weighted by Crippen LogP contribution is 2.18. The molecule has 0 aliphatic carbocycles. The van der Waals surface area contributed by atoms with Gasteiger partial charge >= 0.3 is 0 Å². The Bertz CT molecular complexity index is 813. The molecule has 2 amide bonds. The van der Waals surface area contributed by atoms with Gasteiger partial charge in [0.15, 0.2) is 0 Å². The molecule has 1 fully saturated rings. The van der Waals surface area contributed by atoms with Crippen molar-refractivity contribution >= 4 is 11.8 Å². The maximum absolute atomic E-state index is 13.6. The third-order valence-electron chi connectivity index (χ3n) is 5.08. The molecule has 1 aliphatic heterocycles. The molecule has 0 aromatic heterocycles. The van der Waals surface area contributed by atoms with E-state index in [4.69, 9.17) is 0 Å². The van der Waals surface area contributed by atoms with Crippen LogP contribution in [-0.2, 0) is 6.42 Å². The molecule has 27 heavy (non-hydrogen) atoms. The second kappa shape index (κ2) is 8.80. The van der Waals surface area contributed by atoms with E-state index in [1.165, 1.54) is 6.07 Å². The van der Waals surface area contributed by atoms with Gasteiger partial charge in [-0.1, -0.05) is 31.2 Å². The quantitative estimate of drug-likeness (QED) is 0.875. The van der Waals surface area contributed by atoms with Gasteiger partial charge in [-0.3, -0.25) is 9.59 Å². The van der Waals surface area contributed by atoms with Gasteiger partial charge in [-0.15, -0.1) is 0 Å². The standard InChI is InChI=1S/C22H25FN2O2/c1-16-10-13-25(14-11-16)22(27)19-7-4-6-18(15-19)21(26)24-12-9-17-5-2-3-8-20(17)23/h2-8,15-16H,9-14H2,1H3,(H,24,26). The highest BCUT2D eigenvalue weighted by molar-refractivity contribution is 5.99. The van der Waals surface area contributed by atoms with Crippen LogP contribution in [0.25, 0.3) is 0 Å². The van der Waals surface area contributed by atoms with Crippen LogP contribution in [0.3, 0.4) is 0 Å². The highest BCUT2D eigenvalue weighted by Gasteiger charge is 2.22. The molecule has 1 heterocycles. The van der Waals surface area contributed by atoms with E-state index in [9.17, 15) is 14.0 Å². The summed E-state index contributed by atoms with van der Waals surface area (Å²) < 4.78 is 13.6. The summed E-state index contributed by atoms with van der Waals surface area (Å²) in [5.41, 5.74) is 1.55. The van der Waals surface area contributed by atoms with Crippen LogP contribution in [0.1, 0.15) is 46.0 Å². The average molecular weight is 368 g/mol. The fraction of sp³-hybridized carbons (Fsp3) is 0.364. The third kappa shape index (κ3) is 4.94. The first-order valence-electron chi connectivity index (χ1n) is 9.45. The van der Waals surface area contributed by atoms with Gasteiger partial charge in [0.25, 0.3) is 11.8 Å². The van der Waals surface area contributed by atoms with Crippen LogP contribution in [0.4, 0.5) is 4.39 Å². The normalized spacial score (nSPS) is 14.8. The molecule has 4 nitrogen and oxygen atoms in total. The summed E-state index contributed by atoms with van der Waals surface area (Å²) in [5, 5.41) is 2.80. The van der Waals surface area contributed by atoms with Crippen molar-refractivity contribution in [3.8, 4) is 0 Å². The zero-order chi connectivity index (χ0) is 19.2. The number of likely N-dealkylation sites (tertiary alicyclic amines) is 1. The van der Waals surface area contributed by atoms with E-state index >= 15 is 0 Å². The lowest BCUT2D eigenvalue weighted by atomic mass is 9.98. The van der Waals surface area contributed by atoms with Gasteiger partial charge in [0, 0.05) is 30.8 Å². The van der Waals surface area contributed by atoms with Crippen molar-refractivity contribution in [2.45, 2.75) is 26.2 Å². The molecule has 142 valence electrons. The molecular weight excluding hydrogens is 343 g/mol. The second-order valence-electron chi connectivity index (χ2n) is 7.15. The number of amides is 2. The summed E-state index contributed by atoms with van der Waals surface area (Å²) >= 11 is 0. The fourth-order valence-electron chi connectivity index (χ4n) is 3.30. The van der Waals surface area contributed by atoms with Crippen LogP contribution in [0.5, 0.6) is 0 Å². The Hall–Kier alpha value is -2.69. The van der Waals surface area contributed by atoms with E-state index in [0.29, 0.717) is 35.6 Å². The smallest absolute Gasteiger partial charge is 0.253 e. The minimum atomic E-state index is -0.268. The summed E-state index contributed by atoms with van der Waals surface area (Å²) in [6, 6.07) is 13.3. The molecule has 2 aromatic carbocycles. The number of benzene rings is 2. The number of nitrogens with one attached hydrogen (secondary N) is 1. The highest BCUT2D eigenvalue weighted by atomic mass is 19.1. The summed E-state index contributed by atoms with van der Waals surface area (Å²) in [6.45, 7) is 4.06. The minimum absolute atomic E-state index is 0.0251. The van der Waals surface area contributed by atoms with E-state index in [1.54, 1.807) is 42.5 Å². The second-order valence-corrected chi connectivity index (χ2v) is 7.15. The predicted octanol–water partition coefficient (Wildman–Crippen LogP) is 3.67. The van der Waals surface area contributed by atoms with Gasteiger partial charge in [0.1, 0.15) is 5.82 Å². The molecule has 5 heteroatoms. The van der Waals surface area contributed by atoms with Gasteiger partial charge in [-0.2, -0.15) is 0 Å². The Morgan fingerprint density at radius 1 is 1.07 bits per heavy atom. The molecular formula is C22H25FN2O2. The number of carbonyl (C=O) groups excluding carboxylic acids is 2. The van der Waals surface area contributed by atoms with Gasteiger partial charge in [-0.05, 0) is 55.0 Å². The molecule has 0 saturated carbocycles. The molecule has 0 radical (unpaired) electrons. The van der Waals surface area contributed by atoms with Crippen molar-refractivity contribution in [1.82, 2.24) is 10.2 Å². The van der Waals surface area contributed by atoms with Crippen molar-refractivity contribution in [2.75, 3.05) is 19.6 Å². The Balaban J connectivity index is 1.58. The van der Waals surface area contributed by atoms with E-state index < -0.39 is 0 Å². The first-order chi connectivity index (χ1) is 13.0. The SMILES string of the molecule is CC1CCN(C(=O)c2cccc(C(=O)NCCc3ccccc3F)c2)CC1. The summed E-state index contributed by atoms with van der Waals surface area (Å²) in [6.07, 6.45) is 2.45. The van der Waals surface area contributed by atoms with Crippen LogP contribution < -0.4 is 5.32 Å². The predicted molar refractivity (Wildman–Crippen MR) is 103 cm³/mol. The van der Waals surface area contributed by atoms with E-state index in [2.05, 4.69) is 12.2 Å². The van der Waals surface area contributed by atoms with Crippen LogP contribution in [0, 0.1) is 11.7 Å². The lowest BCUT2D eigenvalue weighted by Crippen LogP contribution is -2.38. The van der Waals surface area contributed by atoms with Gasteiger partial charge < -0.3 is 10.2 Å².